The second-order valence-electron chi connectivity index (χ2n) is 4.46. The van der Waals surface area contributed by atoms with Gasteiger partial charge in [0.1, 0.15) is 0 Å². The third-order valence-electron chi connectivity index (χ3n) is 3.13. The van der Waals surface area contributed by atoms with E-state index in [0.717, 1.165) is 32.5 Å². The first-order chi connectivity index (χ1) is 8.38. The van der Waals surface area contributed by atoms with Crippen molar-refractivity contribution in [3.05, 3.63) is 35.9 Å². The molecule has 0 radical (unpaired) electrons. The number of ether oxygens (including phenoxy) is 1. The number of hydrogen-bond donors (Lipinski definition) is 0. The monoisotopic (exact) mass is 229 g/mol. The maximum Gasteiger partial charge on any atom is 0.0721 e. The van der Waals surface area contributed by atoms with E-state index < -0.39 is 0 Å². The van der Waals surface area contributed by atoms with Crippen molar-refractivity contribution < 1.29 is 4.74 Å². The van der Waals surface area contributed by atoms with Gasteiger partial charge in [-0.2, -0.15) is 0 Å². The van der Waals surface area contributed by atoms with Gasteiger partial charge in [-0.15, -0.1) is 12.3 Å². The van der Waals surface area contributed by atoms with Crippen molar-refractivity contribution in [1.29, 1.82) is 0 Å². The van der Waals surface area contributed by atoms with Crippen LogP contribution in [0.25, 0.3) is 0 Å². The Kier molecular flexibility index (Phi) is 4.61. The molecule has 1 atom stereocenters. The lowest BCUT2D eigenvalue weighted by atomic mass is 10.2. The molecule has 90 valence electrons. The summed E-state index contributed by atoms with van der Waals surface area (Å²) in [4.78, 5) is 2.38. The minimum absolute atomic E-state index is 0.369. The van der Waals surface area contributed by atoms with Gasteiger partial charge < -0.3 is 4.74 Å². The minimum Gasteiger partial charge on any atom is -0.372 e. The molecule has 2 rings (SSSR count). The first-order valence-electron chi connectivity index (χ1n) is 6.20. The average Bonchev–Trinajstić information content (AvgIpc) is 2.83. The number of likely N-dealkylation sites (tertiary alicyclic amines) is 1. The van der Waals surface area contributed by atoms with Crippen molar-refractivity contribution in [3.8, 4) is 12.3 Å². The minimum atomic E-state index is 0.369. The molecule has 1 unspecified atom stereocenters. The normalized spacial score (nSPS) is 20.3. The van der Waals surface area contributed by atoms with Crippen LogP contribution in [0.1, 0.15) is 18.4 Å². The number of hydrogen-bond acceptors (Lipinski definition) is 2. The molecular formula is C15H19NO. The Labute approximate surface area is 104 Å². The Morgan fingerprint density at radius 2 is 2.18 bits per heavy atom. The van der Waals surface area contributed by atoms with Gasteiger partial charge in [0.05, 0.1) is 12.7 Å². The highest BCUT2D eigenvalue weighted by molar-refractivity contribution is 5.13. The van der Waals surface area contributed by atoms with Gasteiger partial charge in [0.2, 0.25) is 0 Å². The molecule has 0 amide bonds. The molecule has 1 aromatic rings. The van der Waals surface area contributed by atoms with Crippen LogP contribution in [0.5, 0.6) is 0 Å². The van der Waals surface area contributed by atoms with Crippen LogP contribution in [0.15, 0.2) is 30.3 Å². The van der Waals surface area contributed by atoms with E-state index in [1.54, 1.807) is 0 Å². The van der Waals surface area contributed by atoms with Crippen molar-refractivity contribution in [2.45, 2.75) is 25.6 Å². The number of rotatable bonds is 5. The second-order valence-corrected chi connectivity index (χ2v) is 4.46. The Bertz CT molecular complexity index is 368. The molecule has 0 spiro atoms. The van der Waals surface area contributed by atoms with Crippen LogP contribution >= 0.6 is 0 Å². The molecule has 2 nitrogen and oxygen atoms in total. The first kappa shape index (κ1) is 12.2. The molecule has 1 aromatic carbocycles. The fourth-order valence-corrected chi connectivity index (χ4v) is 2.15. The van der Waals surface area contributed by atoms with Gasteiger partial charge in [-0.25, -0.2) is 0 Å². The number of nitrogens with zero attached hydrogens (tertiary/aromatic N) is 1. The van der Waals surface area contributed by atoms with E-state index in [4.69, 9.17) is 11.2 Å². The average molecular weight is 229 g/mol. The number of benzene rings is 1. The van der Waals surface area contributed by atoms with E-state index in [-0.39, 0.29) is 0 Å². The fraction of sp³-hybridized carbons (Fsp3) is 0.467. The summed E-state index contributed by atoms with van der Waals surface area (Å²) in [5.41, 5.74) is 1.24. The molecule has 1 fully saturated rings. The van der Waals surface area contributed by atoms with E-state index in [1.165, 1.54) is 5.56 Å². The van der Waals surface area contributed by atoms with Crippen molar-refractivity contribution in [3.63, 3.8) is 0 Å². The highest BCUT2D eigenvalue weighted by Gasteiger charge is 2.22. The lowest BCUT2D eigenvalue weighted by molar-refractivity contribution is 0.0468. The van der Waals surface area contributed by atoms with E-state index in [1.807, 2.05) is 18.2 Å². The quantitative estimate of drug-likeness (QED) is 0.718. The summed E-state index contributed by atoms with van der Waals surface area (Å²) in [5.74, 6) is 2.68. The molecule has 0 aliphatic carbocycles. The summed E-state index contributed by atoms with van der Waals surface area (Å²) < 4.78 is 5.91. The second kappa shape index (κ2) is 6.44. The molecule has 2 heteroatoms. The highest BCUT2D eigenvalue weighted by atomic mass is 16.5. The molecule has 17 heavy (non-hydrogen) atoms. The van der Waals surface area contributed by atoms with Crippen molar-refractivity contribution >= 4 is 0 Å². The van der Waals surface area contributed by atoms with Gasteiger partial charge in [0, 0.05) is 26.1 Å². The maximum absolute atomic E-state index is 5.91. The molecule has 1 aliphatic heterocycles. The molecule has 0 N–H and O–H groups in total. The van der Waals surface area contributed by atoms with Gasteiger partial charge in [-0.1, -0.05) is 30.3 Å². The predicted octanol–water partition coefficient (Wildman–Crippen LogP) is 2.30. The molecule has 1 heterocycles. The van der Waals surface area contributed by atoms with Gasteiger partial charge in [0.25, 0.3) is 0 Å². The van der Waals surface area contributed by atoms with Crippen LogP contribution in [0, 0.1) is 12.3 Å². The summed E-state index contributed by atoms with van der Waals surface area (Å²) in [6, 6.07) is 10.3. The van der Waals surface area contributed by atoms with Crippen LogP contribution in [-0.4, -0.2) is 30.6 Å². The molecule has 0 saturated carbocycles. The first-order valence-corrected chi connectivity index (χ1v) is 6.20. The summed E-state index contributed by atoms with van der Waals surface area (Å²) >= 11 is 0. The van der Waals surface area contributed by atoms with Gasteiger partial charge in [-0.3, -0.25) is 4.90 Å². The lowest BCUT2D eigenvalue weighted by Gasteiger charge is -2.14. The maximum atomic E-state index is 5.91. The van der Waals surface area contributed by atoms with Gasteiger partial charge >= 0.3 is 0 Å². The smallest absolute Gasteiger partial charge is 0.0721 e. The summed E-state index contributed by atoms with van der Waals surface area (Å²) in [6.07, 6.45) is 7.60. The van der Waals surface area contributed by atoms with Crippen molar-refractivity contribution in [2.75, 3.05) is 19.6 Å². The van der Waals surface area contributed by atoms with Crippen LogP contribution in [0.3, 0.4) is 0 Å². The van der Waals surface area contributed by atoms with Crippen molar-refractivity contribution in [2.24, 2.45) is 0 Å². The Morgan fingerprint density at radius 3 is 2.94 bits per heavy atom. The fourth-order valence-electron chi connectivity index (χ4n) is 2.15. The summed E-state index contributed by atoms with van der Waals surface area (Å²) in [5, 5.41) is 0. The van der Waals surface area contributed by atoms with E-state index in [2.05, 4.69) is 23.0 Å². The van der Waals surface area contributed by atoms with Crippen molar-refractivity contribution in [1.82, 2.24) is 4.90 Å². The third-order valence-corrected chi connectivity index (χ3v) is 3.13. The van der Waals surface area contributed by atoms with E-state index >= 15 is 0 Å². The van der Waals surface area contributed by atoms with Crippen LogP contribution in [0.4, 0.5) is 0 Å². The Balaban J connectivity index is 1.70. The molecule has 1 saturated heterocycles. The summed E-state index contributed by atoms with van der Waals surface area (Å²) in [7, 11) is 0. The summed E-state index contributed by atoms with van der Waals surface area (Å²) in [6.45, 7) is 3.85. The standard InChI is InChI=1S/C15H19NO/c1-2-3-10-16-11-9-15(12-16)17-13-14-7-5-4-6-8-14/h1,4-8,15H,3,9-13H2. The Hall–Kier alpha value is -1.30. The predicted molar refractivity (Wildman–Crippen MR) is 69.5 cm³/mol. The zero-order valence-electron chi connectivity index (χ0n) is 10.1. The van der Waals surface area contributed by atoms with E-state index in [9.17, 15) is 0 Å². The highest BCUT2D eigenvalue weighted by Crippen LogP contribution is 2.14. The molecular weight excluding hydrogens is 210 g/mol. The SMILES string of the molecule is C#CCCN1CCC(OCc2ccccc2)C1. The Morgan fingerprint density at radius 1 is 1.35 bits per heavy atom. The lowest BCUT2D eigenvalue weighted by Crippen LogP contribution is -2.24. The molecule has 1 aliphatic rings. The third kappa shape index (κ3) is 3.89. The largest absolute Gasteiger partial charge is 0.372 e. The van der Waals surface area contributed by atoms with Crippen LogP contribution in [0.2, 0.25) is 0 Å². The van der Waals surface area contributed by atoms with Gasteiger partial charge in [-0.05, 0) is 12.0 Å². The van der Waals surface area contributed by atoms with E-state index in [0.29, 0.717) is 12.7 Å². The van der Waals surface area contributed by atoms with Gasteiger partial charge in [0.15, 0.2) is 0 Å². The van der Waals surface area contributed by atoms with Crippen LogP contribution < -0.4 is 0 Å². The number of terminal acetylenes is 1. The zero-order valence-corrected chi connectivity index (χ0v) is 10.1. The molecule has 0 bridgehead atoms. The zero-order chi connectivity index (χ0) is 11.9. The van der Waals surface area contributed by atoms with Crippen LogP contribution in [-0.2, 0) is 11.3 Å². The molecule has 0 aromatic heterocycles. The topological polar surface area (TPSA) is 12.5 Å².